The number of hydrogen-bond donors (Lipinski definition) is 1. The van der Waals surface area contributed by atoms with Gasteiger partial charge in [-0.2, -0.15) is 0 Å². The van der Waals surface area contributed by atoms with Gasteiger partial charge in [0.2, 0.25) is 5.91 Å². The molecule has 2 aliphatic heterocycles. The van der Waals surface area contributed by atoms with E-state index < -0.39 is 18.3 Å². The number of carbonyl (C=O) groups is 3. The maximum atomic E-state index is 12.6. The zero-order valence-corrected chi connectivity index (χ0v) is 11.2. The number of nitrogens with one attached hydrogen (secondary N) is 1. The fraction of sp³-hybridized carbons (Fsp3) is 0.267. The summed E-state index contributed by atoms with van der Waals surface area (Å²) in [6.45, 7) is 1.01. The molecule has 21 heavy (non-hydrogen) atoms. The van der Waals surface area contributed by atoms with Crippen LogP contribution in [0.25, 0.3) is 0 Å². The molecule has 1 aromatic rings. The van der Waals surface area contributed by atoms with E-state index in [1.54, 1.807) is 30.3 Å². The van der Waals surface area contributed by atoms with Crippen LogP contribution in [0.2, 0.25) is 0 Å². The number of benzene rings is 1. The highest BCUT2D eigenvalue weighted by Gasteiger charge is 2.44. The fourth-order valence-electron chi connectivity index (χ4n) is 2.80. The second-order valence-electron chi connectivity index (χ2n) is 5.00. The van der Waals surface area contributed by atoms with Crippen molar-refractivity contribution in [2.24, 2.45) is 5.92 Å². The molecular formula is C15H13N2O4-. The minimum Gasteiger partial charge on any atom is -0.550 e. The third kappa shape index (κ3) is 2.18. The molecule has 0 radical (unpaired) electrons. The maximum absolute atomic E-state index is 12.6. The number of hydrogen-bond acceptors (Lipinski definition) is 5. The SMILES string of the molecule is O=C([O-])C[C@@H]1C(=O)N2CCNC2=C1C(=O)c1ccccc1. The van der Waals surface area contributed by atoms with Crippen LogP contribution in [0.3, 0.4) is 0 Å². The van der Waals surface area contributed by atoms with E-state index in [1.165, 1.54) is 4.90 Å². The first kappa shape index (κ1) is 13.4. The van der Waals surface area contributed by atoms with E-state index in [0.29, 0.717) is 24.5 Å². The summed E-state index contributed by atoms with van der Waals surface area (Å²) in [6, 6.07) is 8.53. The molecule has 0 spiro atoms. The van der Waals surface area contributed by atoms with Crippen LogP contribution < -0.4 is 10.4 Å². The minimum absolute atomic E-state index is 0.230. The predicted octanol–water partition coefficient (Wildman–Crippen LogP) is -0.717. The van der Waals surface area contributed by atoms with Gasteiger partial charge in [-0.1, -0.05) is 30.3 Å². The molecule has 6 heteroatoms. The van der Waals surface area contributed by atoms with Crippen molar-refractivity contribution in [3.63, 3.8) is 0 Å². The second kappa shape index (κ2) is 5.05. The van der Waals surface area contributed by atoms with Gasteiger partial charge in [0.15, 0.2) is 5.78 Å². The summed E-state index contributed by atoms with van der Waals surface area (Å²) in [6.07, 6.45) is -0.478. The lowest BCUT2D eigenvalue weighted by Crippen LogP contribution is -2.33. The summed E-state index contributed by atoms with van der Waals surface area (Å²) in [5.41, 5.74) is 0.666. The van der Waals surface area contributed by atoms with Gasteiger partial charge in [-0.05, 0) is 0 Å². The number of nitrogens with zero attached hydrogens (tertiary/aromatic N) is 1. The van der Waals surface area contributed by atoms with Crippen molar-refractivity contribution in [2.75, 3.05) is 13.1 Å². The number of carboxylic acid groups (broad SMARTS) is 1. The molecule has 3 rings (SSSR count). The molecule has 2 aliphatic rings. The van der Waals surface area contributed by atoms with E-state index in [1.807, 2.05) is 0 Å². The Bertz CT molecular complexity index is 651. The Morgan fingerprint density at radius 3 is 2.67 bits per heavy atom. The second-order valence-corrected chi connectivity index (χ2v) is 5.00. The third-order valence-corrected chi connectivity index (χ3v) is 3.72. The van der Waals surface area contributed by atoms with Crippen molar-refractivity contribution in [2.45, 2.75) is 6.42 Å². The van der Waals surface area contributed by atoms with Crippen LogP contribution in [0, 0.1) is 5.92 Å². The first-order valence-corrected chi connectivity index (χ1v) is 6.68. The van der Waals surface area contributed by atoms with Gasteiger partial charge in [0.1, 0.15) is 5.82 Å². The van der Waals surface area contributed by atoms with Crippen molar-refractivity contribution in [3.8, 4) is 0 Å². The highest BCUT2D eigenvalue weighted by molar-refractivity contribution is 6.14. The lowest BCUT2D eigenvalue weighted by Gasteiger charge is -2.14. The molecular weight excluding hydrogens is 272 g/mol. The van der Waals surface area contributed by atoms with Gasteiger partial charge in [0, 0.05) is 31.0 Å². The Morgan fingerprint density at radius 2 is 2.00 bits per heavy atom. The Balaban J connectivity index is 2.03. The predicted molar refractivity (Wildman–Crippen MR) is 70.6 cm³/mol. The summed E-state index contributed by atoms with van der Waals surface area (Å²) >= 11 is 0. The average molecular weight is 285 g/mol. The lowest BCUT2D eigenvalue weighted by atomic mass is 9.91. The van der Waals surface area contributed by atoms with Crippen LogP contribution in [-0.4, -0.2) is 35.6 Å². The van der Waals surface area contributed by atoms with E-state index in [2.05, 4.69) is 5.32 Å². The monoisotopic (exact) mass is 285 g/mol. The van der Waals surface area contributed by atoms with Crippen molar-refractivity contribution < 1.29 is 19.5 Å². The number of fused-ring (bicyclic) bond motifs is 1. The van der Waals surface area contributed by atoms with E-state index in [-0.39, 0.29) is 17.3 Å². The van der Waals surface area contributed by atoms with Crippen molar-refractivity contribution in [3.05, 3.63) is 47.3 Å². The highest BCUT2D eigenvalue weighted by atomic mass is 16.4. The molecule has 1 amide bonds. The number of rotatable bonds is 4. The number of Topliss-reactive ketones (excluding diaryl/α,β-unsaturated/α-hetero) is 1. The average Bonchev–Trinajstić information content (AvgIpc) is 3.03. The number of carbonyl (C=O) groups excluding carboxylic acids is 3. The molecule has 0 bridgehead atoms. The normalized spacial score (nSPS) is 20.5. The van der Waals surface area contributed by atoms with Crippen molar-refractivity contribution >= 4 is 17.7 Å². The van der Waals surface area contributed by atoms with E-state index in [0.717, 1.165) is 0 Å². The van der Waals surface area contributed by atoms with Crippen LogP contribution in [0.15, 0.2) is 41.7 Å². The van der Waals surface area contributed by atoms with Gasteiger partial charge in [-0.15, -0.1) is 0 Å². The Hall–Kier alpha value is -2.63. The van der Waals surface area contributed by atoms with Crippen molar-refractivity contribution in [1.82, 2.24) is 10.2 Å². The topological polar surface area (TPSA) is 89.5 Å². The first-order chi connectivity index (χ1) is 10.1. The van der Waals surface area contributed by atoms with Gasteiger partial charge in [0.05, 0.1) is 11.5 Å². The Labute approximate surface area is 121 Å². The van der Waals surface area contributed by atoms with Crippen LogP contribution in [0.5, 0.6) is 0 Å². The smallest absolute Gasteiger partial charge is 0.236 e. The van der Waals surface area contributed by atoms with E-state index in [9.17, 15) is 19.5 Å². The van der Waals surface area contributed by atoms with E-state index in [4.69, 9.17) is 0 Å². The molecule has 0 saturated carbocycles. The van der Waals surface area contributed by atoms with Gasteiger partial charge in [-0.25, -0.2) is 0 Å². The molecule has 1 fully saturated rings. The number of amides is 1. The molecule has 0 aromatic heterocycles. The van der Waals surface area contributed by atoms with Crippen LogP contribution in [0.1, 0.15) is 16.8 Å². The zero-order chi connectivity index (χ0) is 15.0. The summed E-state index contributed by atoms with van der Waals surface area (Å²) in [4.78, 5) is 37.2. The molecule has 2 heterocycles. The van der Waals surface area contributed by atoms with Crippen LogP contribution in [-0.2, 0) is 9.59 Å². The zero-order valence-electron chi connectivity index (χ0n) is 11.2. The highest BCUT2D eigenvalue weighted by Crippen LogP contribution is 2.34. The van der Waals surface area contributed by atoms with Crippen LogP contribution >= 0.6 is 0 Å². The van der Waals surface area contributed by atoms with Gasteiger partial charge < -0.3 is 15.2 Å². The molecule has 1 N–H and O–H groups in total. The fourth-order valence-corrected chi connectivity index (χ4v) is 2.80. The summed E-state index contributed by atoms with van der Waals surface area (Å²) in [5, 5.41) is 13.9. The molecule has 0 aliphatic carbocycles. The Kier molecular flexibility index (Phi) is 3.21. The van der Waals surface area contributed by atoms with E-state index >= 15 is 0 Å². The number of aliphatic carboxylic acids is 1. The summed E-state index contributed by atoms with van der Waals surface area (Å²) < 4.78 is 0. The molecule has 108 valence electrons. The van der Waals surface area contributed by atoms with Gasteiger partial charge in [-0.3, -0.25) is 14.5 Å². The molecule has 1 aromatic carbocycles. The minimum atomic E-state index is -1.34. The van der Waals surface area contributed by atoms with Crippen molar-refractivity contribution in [1.29, 1.82) is 0 Å². The first-order valence-electron chi connectivity index (χ1n) is 6.68. The molecule has 0 unspecified atom stereocenters. The quantitative estimate of drug-likeness (QED) is 0.738. The molecule has 1 atom stereocenters. The van der Waals surface area contributed by atoms with Gasteiger partial charge >= 0.3 is 0 Å². The van der Waals surface area contributed by atoms with Crippen LogP contribution in [0.4, 0.5) is 0 Å². The summed E-state index contributed by atoms with van der Waals surface area (Å²) in [7, 11) is 0. The standard InChI is InChI=1S/C15H14N2O4/c18-11(19)8-10-12(13(20)9-4-2-1-3-5-9)14-16-6-7-17(14)15(10)21/h1-5,10,16H,6-8H2,(H,18,19)/p-1/t10-/m0/s1. The number of ketones is 1. The maximum Gasteiger partial charge on any atom is 0.236 e. The third-order valence-electron chi connectivity index (χ3n) is 3.72. The van der Waals surface area contributed by atoms with Gasteiger partial charge in [0.25, 0.3) is 0 Å². The largest absolute Gasteiger partial charge is 0.550 e. The lowest BCUT2D eigenvalue weighted by molar-refractivity contribution is -0.306. The number of carboxylic acids is 1. The Morgan fingerprint density at radius 1 is 1.29 bits per heavy atom. The summed E-state index contributed by atoms with van der Waals surface area (Å²) in [5.74, 6) is -2.53. The molecule has 1 saturated heterocycles. The molecule has 6 nitrogen and oxygen atoms in total.